The van der Waals surface area contributed by atoms with Crippen LogP contribution in [0.4, 0.5) is 26.3 Å². The molecule has 18 heavy (non-hydrogen) atoms. The highest BCUT2D eigenvalue weighted by molar-refractivity contribution is 7.90. The van der Waals surface area contributed by atoms with Crippen LogP contribution in [0, 0.1) is 0 Å². The van der Waals surface area contributed by atoms with Crippen molar-refractivity contribution in [3.8, 4) is 0 Å². The highest BCUT2D eigenvalue weighted by atomic mass is 32.2. The summed E-state index contributed by atoms with van der Waals surface area (Å²) >= 11 is 0. The molecule has 0 atom stereocenters. The molecule has 0 aromatic heterocycles. The third-order valence-electron chi connectivity index (χ3n) is 2.64. The highest BCUT2D eigenvalue weighted by Crippen LogP contribution is 2.44. The Kier molecular flexibility index (Phi) is 4.21. The van der Waals surface area contributed by atoms with E-state index in [9.17, 15) is 34.8 Å². The van der Waals surface area contributed by atoms with Gasteiger partial charge >= 0.3 is 17.6 Å². The zero-order valence-electron chi connectivity index (χ0n) is 9.05. The number of hydrogen-bond donors (Lipinski definition) is 0. The minimum atomic E-state index is -5.91. The number of piperidine rings is 1. The SMILES string of the molecule is O=S(=O)(N1CCCCC1)C(F)(F)C(F)(F)C(F)F. The molecule has 0 spiro atoms. The molecule has 10 heteroatoms. The summed E-state index contributed by atoms with van der Waals surface area (Å²) in [4.78, 5) is 0. The van der Waals surface area contributed by atoms with Crippen molar-refractivity contribution < 1.29 is 34.8 Å². The Morgan fingerprint density at radius 2 is 1.39 bits per heavy atom. The second-order valence-corrected chi connectivity index (χ2v) is 5.88. The normalized spacial score (nSPS) is 20.4. The number of alkyl halides is 6. The molecule has 108 valence electrons. The smallest absolute Gasteiger partial charge is 0.206 e. The predicted octanol–water partition coefficient (Wildman–Crippen LogP) is 2.30. The summed E-state index contributed by atoms with van der Waals surface area (Å²) in [5.41, 5.74) is 0. The molecule has 0 aromatic carbocycles. The first kappa shape index (κ1) is 15.5. The fourth-order valence-corrected chi connectivity index (χ4v) is 3.06. The zero-order chi connectivity index (χ0) is 14.2. The van der Waals surface area contributed by atoms with Gasteiger partial charge in [0.15, 0.2) is 0 Å². The lowest BCUT2D eigenvalue weighted by Gasteiger charge is -2.32. The van der Waals surface area contributed by atoms with Crippen molar-refractivity contribution in [1.82, 2.24) is 4.31 Å². The van der Waals surface area contributed by atoms with E-state index in [1.165, 1.54) is 0 Å². The molecule has 0 amide bonds. The van der Waals surface area contributed by atoms with Crippen molar-refractivity contribution in [1.29, 1.82) is 0 Å². The summed E-state index contributed by atoms with van der Waals surface area (Å²) in [5, 5.41) is -5.81. The van der Waals surface area contributed by atoms with Gasteiger partial charge in [0.1, 0.15) is 0 Å². The van der Waals surface area contributed by atoms with Crippen LogP contribution in [0.2, 0.25) is 0 Å². The fraction of sp³-hybridized carbons (Fsp3) is 1.00. The third-order valence-corrected chi connectivity index (χ3v) is 4.61. The lowest BCUT2D eigenvalue weighted by molar-refractivity contribution is -0.226. The first-order chi connectivity index (χ1) is 8.05. The van der Waals surface area contributed by atoms with Gasteiger partial charge in [0.2, 0.25) is 0 Å². The van der Waals surface area contributed by atoms with Crippen molar-refractivity contribution in [2.45, 2.75) is 36.9 Å². The summed E-state index contributed by atoms with van der Waals surface area (Å²) in [5.74, 6) is -5.91. The van der Waals surface area contributed by atoms with Crippen LogP contribution in [-0.4, -0.2) is 43.4 Å². The van der Waals surface area contributed by atoms with Gasteiger partial charge in [-0.15, -0.1) is 0 Å². The average Bonchev–Trinajstić information content (AvgIpc) is 2.29. The number of sulfonamides is 1. The van der Waals surface area contributed by atoms with Crippen molar-refractivity contribution in [2.24, 2.45) is 0 Å². The van der Waals surface area contributed by atoms with Crippen LogP contribution < -0.4 is 0 Å². The van der Waals surface area contributed by atoms with Gasteiger partial charge in [-0.05, 0) is 12.8 Å². The van der Waals surface area contributed by atoms with Crippen molar-refractivity contribution >= 4 is 10.0 Å². The van der Waals surface area contributed by atoms with Crippen LogP contribution in [0.1, 0.15) is 19.3 Å². The molecule has 0 aliphatic carbocycles. The maximum atomic E-state index is 13.2. The molecular weight excluding hydrogens is 288 g/mol. The zero-order valence-corrected chi connectivity index (χ0v) is 9.87. The molecule has 0 unspecified atom stereocenters. The van der Waals surface area contributed by atoms with E-state index in [4.69, 9.17) is 0 Å². The molecular formula is C8H11F6NO2S. The molecule has 0 radical (unpaired) electrons. The van der Waals surface area contributed by atoms with Crippen LogP contribution in [0.3, 0.4) is 0 Å². The average molecular weight is 299 g/mol. The molecule has 1 aliphatic rings. The molecule has 0 aromatic rings. The van der Waals surface area contributed by atoms with Crippen LogP contribution in [0.5, 0.6) is 0 Å². The standard InChI is InChI=1S/C8H11F6NO2S/c9-6(10)7(11,12)8(13,14)18(16,17)15-4-2-1-3-5-15/h6H,1-5H2. The van der Waals surface area contributed by atoms with Gasteiger partial charge in [0.05, 0.1) is 0 Å². The van der Waals surface area contributed by atoms with Gasteiger partial charge in [-0.1, -0.05) is 6.42 Å². The monoisotopic (exact) mass is 299 g/mol. The van der Waals surface area contributed by atoms with Crippen LogP contribution in [-0.2, 0) is 10.0 Å². The van der Waals surface area contributed by atoms with Gasteiger partial charge in [-0.2, -0.15) is 21.9 Å². The van der Waals surface area contributed by atoms with E-state index in [0.717, 1.165) is 0 Å². The van der Waals surface area contributed by atoms with Gasteiger partial charge < -0.3 is 0 Å². The molecule has 0 N–H and O–H groups in total. The number of rotatable bonds is 4. The van der Waals surface area contributed by atoms with E-state index in [-0.39, 0.29) is 30.2 Å². The maximum absolute atomic E-state index is 13.2. The topological polar surface area (TPSA) is 37.4 Å². The van der Waals surface area contributed by atoms with Crippen LogP contribution in [0.25, 0.3) is 0 Å². The molecule has 1 heterocycles. The summed E-state index contributed by atoms with van der Waals surface area (Å²) in [6.45, 7) is -0.728. The first-order valence-corrected chi connectivity index (χ1v) is 6.52. The largest absolute Gasteiger partial charge is 0.426 e. The summed E-state index contributed by atoms with van der Waals surface area (Å²) < 4.78 is 98.2. The Morgan fingerprint density at radius 1 is 0.944 bits per heavy atom. The molecule has 1 aliphatic heterocycles. The van der Waals surface area contributed by atoms with E-state index in [2.05, 4.69) is 0 Å². The highest BCUT2D eigenvalue weighted by Gasteiger charge is 2.71. The van der Waals surface area contributed by atoms with E-state index in [0.29, 0.717) is 6.42 Å². The van der Waals surface area contributed by atoms with E-state index < -0.39 is 27.6 Å². The molecule has 3 nitrogen and oxygen atoms in total. The lowest BCUT2D eigenvalue weighted by Crippen LogP contribution is -2.57. The quantitative estimate of drug-likeness (QED) is 0.747. The Bertz CT molecular complexity index is 390. The maximum Gasteiger partial charge on any atom is 0.426 e. The Balaban J connectivity index is 3.09. The number of nitrogens with zero attached hydrogens (tertiary/aromatic N) is 1. The van der Waals surface area contributed by atoms with Crippen molar-refractivity contribution in [3.63, 3.8) is 0 Å². The van der Waals surface area contributed by atoms with Gasteiger partial charge in [-0.25, -0.2) is 17.2 Å². The second-order valence-electron chi connectivity index (χ2n) is 3.91. The molecule has 0 saturated carbocycles. The third kappa shape index (κ3) is 2.31. The Hall–Kier alpha value is -0.510. The van der Waals surface area contributed by atoms with Crippen molar-refractivity contribution in [3.05, 3.63) is 0 Å². The van der Waals surface area contributed by atoms with Crippen LogP contribution in [0.15, 0.2) is 0 Å². The van der Waals surface area contributed by atoms with Gasteiger partial charge in [0, 0.05) is 13.1 Å². The molecule has 0 bridgehead atoms. The minimum Gasteiger partial charge on any atom is -0.206 e. The van der Waals surface area contributed by atoms with E-state index >= 15 is 0 Å². The van der Waals surface area contributed by atoms with Gasteiger partial charge in [-0.3, -0.25) is 0 Å². The van der Waals surface area contributed by atoms with E-state index in [1.54, 1.807) is 0 Å². The number of hydrogen-bond acceptors (Lipinski definition) is 2. The van der Waals surface area contributed by atoms with Crippen LogP contribution >= 0.6 is 0 Å². The van der Waals surface area contributed by atoms with Gasteiger partial charge in [0.25, 0.3) is 10.0 Å². The predicted molar refractivity (Wildman–Crippen MR) is 50.2 cm³/mol. The molecule has 1 saturated heterocycles. The minimum absolute atomic E-state index is 0.146. The Morgan fingerprint density at radius 3 is 1.78 bits per heavy atom. The second kappa shape index (κ2) is 4.87. The first-order valence-electron chi connectivity index (χ1n) is 5.08. The summed E-state index contributed by atoms with van der Waals surface area (Å²) in [6.07, 6.45) is -3.72. The molecule has 1 fully saturated rings. The van der Waals surface area contributed by atoms with E-state index in [1.807, 2.05) is 0 Å². The number of halogens is 6. The fourth-order valence-electron chi connectivity index (χ4n) is 1.57. The summed E-state index contributed by atoms with van der Waals surface area (Å²) in [6, 6.07) is 0. The molecule has 1 rings (SSSR count). The van der Waals surface area contributed by atoms with Crippen molar-refractivity contribution in [2.75, 3.05) is 13.1 Å². The summed E-state index contributed by atoms with van der Waals surface area (Å²) in [7, 11) is -5.79. The lowest BCUT2D eigenvalue weighted by atomic mass is 10.2. The Labute approximate surface area is 99.8 Å².